The summed E-state index contributed by atoms with van der Waals surface area (Å²) in [6.07, 6.45) is 0.490. The Morgan fingerprint density at radius 3 is 2.38 bits per heavy atom. The first-order valence-corrected chi connectivity index (χ1v) is 10.0. The number of carbonyl (C=O) groups is 3. The van der Waals surface area contributed by atoms with Gasteiger partial charge in [0.25, 0.3) is 0 Å². The van der Waals surface area contributed by atoms with Gasteiger partial charge < -0.3 is 14.7 Å². The molecule has 0 N–H and O–H groups in total. The minimum atomic E-state index is -0.688. The van der Waals surface area contributed by atoms with E-state index in [0.29, 0.717) is 32.6 Å². The van der Waals surface area contributed by atoms with Crippen molar-refractivity contribution in [2.75, 3.05) is 31.1 Å². The molecule has 2 aliphatic heterocycles. The molecule has 0 aromatic heterocycles. The molecule has 3 amide bonds. The van der Waals surface area contributed by atoms with Crippen molar-refractivity contribution in [2.45, 2.75) is 19.9 Å². The van der Waals surface area contributed by atoms with Crippen LogP contribution in [0.2, 0.25) is 0 Å². The molecule has 0 radical (unpaired) electrons. The van der Waals surface area contributed by atoms with Crippen molar-refractivity contribution in [3.63, 3.8) is 0 Å². The third kappa shape index (κ3) is 4.01. The zero-order valence-corrected chi connectivity index (χ0v) is 16.6. The molecule has 2 aromatic carbocycles. The van der Waals surface area contributed by atoms with E-state index >= 15 is 0 Å². The van der Waals surface area contributed by atoms with E-state index in [0.717, 1.165) is 11.3 Å². The summed E-state index contributed by atoms with van der Waals surface area (Å²) in [5.74, 6) is -1.16. The Morgan fingerprint density at radius 2 is 1.69 bits per heavy atom. The zero-order valence-electron chi connectivity index (χ0n) is 16.6. The average molecular weight is 391 g/mol. The molecule has 0 aliphatic carbocycles. The van der Waals surface area contributed by atoms with Crippen LogP contribution in [0.1, 0.15) is 17.5 Å². The fourth-order valence-corrected chi connectivity index (χ4v) is 3.97. The summed E-state index contributed by atoms with van der Waals surface area (Å²) >= 11 is 0. The normalized spacial score (nSPS) is 19.8. The number of amides is 3. The second-order valence-electron chi connectivity index (χ2n) is 7.73. The van der Waals surface area contributed by atoms with Crippen LogP contribution in [0.25, 0.3) is 0 Å². The van der Waals surface area contributed by atoms with Crippen molar-refractivity contribution >= 4 is 23.4 Å². The first-order chi connectivity index (χ1) is 14.0. The van der Waals surface area contributed by atoms with Gasteiger partial charge in [0.15, 0.2) is 0 Å². The van der Waals surface area contributed by atoms with Gasteiger partial charge in [-0.1, -0.05) is 48.0 Å². The molecule has 29 heavy (non-hydrogen) atoms. The predicted molar refractivity (Wildman–Crippen MR) is 110 cm³/mol. The van der Waals surface area contributed by atoms with Gasteiger partial charge in [0, 0.05) is 31.9 Å². The lowest BCUT2D eigenvalue weighted by Crippen LogP contribution is -2.53. The van der Waals surface area contributed by atoms with Crippen molar-refractivity contribution in [1.29, 1.82) is 0 Å². The maximum atomic E-state index is 12.9. The fraction of sp³-hybridized carbons (Fsp3) is 0.348. The minimum Gasteiger partial charge on any atom is -0.335 e. The van der Waals surface area contributed by atoms with Gasteiger partial charge in [-0.15, -0.1) is 0 Å². The fourth-order valence-electron chi connectivity index (χ4n) is 3.97. The van der Waals surface area contributed by atoms with Crippen LogP contribution in [0.4, 0.5) is 5.69 Å². The van der Waals surface area contributed by atoms with E-state index in [1.807, 2.05) is 61.5 Å². The predicted octanol–water partition coefficient (Wildman–Crippen LogP) is 2.22. The molecule has 150 valence electrons. The van der Waals surface area contributed by atoms with Crippen molar-refractivity contribution in [1.82, 2.24) is 9.80 Å². The third-order valence-electron chi connectivity index (χ3n) is 5.70. The first kappa shape index (κ1) is 19.2. The number of para-hydroxylation sites is 1. The number of hydrogen-bond acceptors (Lipinski definition) is 3. The summed E-state index contributed by atoms with van der Waals surface area (Å²) in [5.41, 5.74) is 3.07. The molecule has 0 unspecified atom stereocenters. The van der Waals surface area contributed by atoms with Crippen LogP contribution in [-0.2, 0) is 20.9 Å². The molecule has 2 aromatic rings. The minimum absolute atomic E-state index is 0.0415. The second-order valence-corrected chi connectivity index (χ2v) is 7.73. The van der Waals surface area contributed by atoms with Crippen molar-refractivity contribution in [2.24, 2.45) is 5.92 Å². The zero-order chi connectivity index (χ0) is 20.4. The number of benzene rings is 2. The molecule has 2 heterocycles. The lowest BCUT2D eigenvalue weighted by atomic mass is 10.1. The number of carbonyl (C=O) groups excluding carboxylic acids is 3. The van der Waals surface area contributed by atoms with Crippen LogP contribution < -0.4 is 4.90 Å². The van der Waals surface area contributed by atoms with E-state index in [1.54, 1.807) is 14.7 Å². The van der Waals surface area contributed by atoms with Crippen LogP contribution in [0.3, 0.4) is 0 Å². The largest absolute Gasteiger partial charge is 0.335 e. The number of piperazine rings is 1. The number of aryl methyl sites for hydroxylation is 1. The van der Waals surface area contributed by atoms with Crippen LogP contribution in [-0.4, -0.2) is 53.7 Å². The summed E-state index contributed by atoms with van der Waals surface area (Å²) in [6, 6.07) is 17.5. The lowest BCUT2D eigenvalue weighted by Gasteiger charge is -2.35. The van der Waals surface area contributed by atoms with E-state index in [2.05, 4.69) is 0 Å². The van der Waals surface area contributed by atoms with Gasteiger partial charge in [-0.05, 0) is 31.0 Å². The summed E-state index contributed by atoms with van der Waals surface area (Å²) in [6.45, 7) is 4.10. The Morgan fingerprint density at radius 1 is 0.966 bits per heavy atom. The van der Waals surface area contributed by atoms with Gasteiger partial charge in [0.2, 0.25) is 17.7 Å². The SMILES string of the molecule is Cc1ccc(CN2CCN(C(=O)[C@H]3CCN(c4ccccc4)C3=O)CC2=O)cc1. The summed E-state index contributed by atoms with van der Waals surface area (Å²) in [7, 11) is 0. The molecule has 1 atom stereocenters. The van der Waals surface area contributed by atoms with Crippen LogP contribution in [0.5, 0.6) is 0 Å². The van der Waals surface area contributed by atoms with Crippen LogP contribution >= 0.6 is 0 Å². The number of anilines is 1. The van der Waals surface area contributed by atoms with E-state index < -0.39 is 5.92 Å². The molecule has 6 nitrogen and oxygen atoms in total. The van der Waals surface area contributed by atoms with Gasteiger partial charge >= 0.3 is 0 Å². The molecule has 2 aliphatic rings. The first-order valence-electron chi connectivity index (χ1n) is 10.0. The molecule has 0 spiro atoms. The maximum absolute atomic E-state index is 12.9. The quantitative estimate of drug-likeness (QED) is 0.751. The molecule has 0 bridgehead atoms. The van der Waals surface area contributed by atoms with Gasteiger partial charge in [0.1, 0.15) is 5.92 Å². The Kier molecular flexibility index (Phi) is 5.34. The van der Waals surface area contributed by atoms with Crippen molar-refractivity contribution < 1.29 is 14.4 Å². The van der Waals surface area contributed by atoms with E-state index in [-0.39, 0.29) is 24.3 Å². The molecule has 0 saturated carbocycles. The second kappa shape index (κ2) is 8.07. The average Bonchev–Trinajstić information content (AvgIpc) is 3.12. The lowest BCUT2D eigenvalue weighted by molar-refractivity contribution is -0.149. The number of nitrogens with zero attached hydrogens (tertiary/aromatic N) is 3. The standard InChI is InChI=1S/C23H25N3O3/c1-17-7-9-18(10-8-17)15-24-13-14-25(16-21(24)27)22(28)20-11-12-26(23(20)29)19-5-3-2-4-6-19/h2-10,20H,11-16H2,1H3/t20-/m1/s1. The third-order valence-corrected chi connectivity index (χ3v) is 5.70. The highest BCUT2D eigenvalue weighted by atomic mass is 16.2. The van der Waals surface area contributed by atoms with Crippen LogP contribution in [0, 0.1) is 12.8 Å². The monoisotopic (exact) mass is 391 g/mol. The molecule has 2 fully saturated rings. The van der Waals surface area contributed by atoms with Gasteiger partial charge in [-0.2, -0.15) is 0 Å². The topological polar surface area (TPSA) is 60.9 Å². The smallest absolute Gasteiger partial charge is 0.242 e. The number of hydrogen-bond donors (Lipinski definition) is 0. The van der Waals surface area contributed by atoms with E-state index in [4.69, 9.17) is 0 Å². The Bertz CT molecular complexity index is 911. The highest BCUT2D eigenvalue weighted by Crippen LogP contribution is 2.27. The van der Waals surface area contributed by atoms with Crippen LogP contribution in [0.15, 0.2) is 54.6 Å². The maximum Gasteiger partial charge on any atom is 0.242 e. The van der Waals surface area contributed by atoms with E-state index in [1.165, 1.54) is 5.56 Å². The summed E-state index contributed by atoms with van der Waals surface area (Å²) in [5, 5.41) is 0. The van der Waals surface area contributed by atoms with E-state index in [9.17, 15) is 14.4 Å². The molecule has 4 rings (SSSR count). The van der Waals surface area contributed by atoms with Gasteiger partial charge in [-0.3, -0.25) is 14.4 Å². The Hall–Kier alpha value is -3.15. The summed E-state index contributed by atoms with van der Waals surface area (Å²) < 4.78 is 0. The Balaban J connectivity index is 1.36. The Labute approximate surface area is 170 Å². The molecular weight excluding hydrogens is 366 g/mol. The molecule has 2 saturated heterocycles. The van der Waals surface area contributed by atoms with Crippen molar-refractivity contribution in [3.05, 3.63) is 65.7 Å². The molecule has 6 heteroatoms. The number of rotatable bonds is 4. The van der Waals surface area contributed by atoms with Crippen molar-refractivity contribution in [3.8, 4) is 0 Å². The highest BCUT2D eigenvalue weighted by Gasteiger charge is 2.41. The van der Waals surface area contributed by atoms with Gasteiger partial charge in [0.05, 0.1) is 6.54 Å². The highest BCUT2D eigenvalue weighted by molar-refractivity contribution is 6.10. The molecular formula is C23H25N3O3. The summed E-state index contributed by atoms with van der Waals surface area (Å²) in [4.78, 5) is 43.3. The van der Waals surface area contributed by atoms with Gasteiger partial charge in [-0.25, -0.2) is 0 Å².